The van der Waals surface area contributed by atoms with Gasteiger partial charge >= 0.3 is 0 Å². The third-order valence-corrected chi connectivity index (χ3v) is 4.47. The largest absolute Gasteiger partial charge is 0.383 e. The average Bonchev–Trinajstić information content (AvgIpc) is 3.01. The average molecular weight is 282 g/mol. The van der Waals surface area contributed by atoms with Gasteiger partial charge in [-0.1, -0.05) is 0 Å². The second-order valence-corrected chi connectivity index (χ2v) is 5.86. The van der Waals surface area contributed by atoms with Gasteiger partial charge in [0.25, 0.3) is 0 Å². The van der Waals surface area contributed by atoms with E-state index in [0.29, 0.717) is 19.1 Å². The van der Waals surface area contributed by atoms with E-state index in [1.165, 1.54) is 0 Å². The molecule has 0 aromatic carbocycles. The Morgan fingerprint density at radius 1 is 1.10 bits per heavy atom. The van der Waals surface area contributed by atoms with Gasteiger partial charge in [-0.3, -0.25) is 9.59 Å². The number of ether oxygens (including phenoxy) is 1. The smallest absolute Gasteiger partial charge is 0.225 e. The highest BCUT2D eigenvalue weighted by atomic mass is 16.5. The second kappa shape index (κ2) is 7.62. The molecule has 0 aromatic rings. The van der Waals surface area contributed by atoms with E-state index in [4.69, 9.17) is 4.74 Å². The molecule has 1 saturated heterocycles. The van der Waals surface area contributed by atoms with Gasteiger partial charge in [-0.25, -0.2) is 0 Å². The summed E-state index contributed by atoms with van der Waals surface area (Å²) in [6, 6.07) is 0. The van der Waals surface area contributed by atoms with Crippen molar-refractivity contribution in [2.24, 2.45) is 11.8 Å². The normalized spacial score (nSPS) is 26.6. The Balaban J connectivity index is 1.71. The quantitative estimate of drug-likeness (QED) is 0.770. The van der Waals surface area contributed by atoms with Crippen LogP contribution in [-0.4, -0.2) is 50.1 Å². The van der Waals surface area contributed by atoms with Crippen molar-refractivity contribution in [3.63, 3.8) is 0 Å². The molecule has 1 aliphatic heterocycles. The van der Waals surface area contributed by atoms with Crippen LogP contribution in [0.1, 0.15) is 38.5 Å². The van der Waals surface area contributed by atoms with Crippen LogP contribution < -0.4 is 5.32 Å². The first kappa shape index (κ1) is 15.3. The summed E-state index contributed by atoms with van der Waals surface area (Å²) < 4.78 is 4.92. The summed E-state index contributed by atoms with van der Waals surface area (Å²) in [7, 11) is 1.63. The number of likely N-dealkylation sites (tertiary alicyclic amines) is 1. The Morgan fingerprint density at radius 3 is 2.30 bits per heavy atom. The van der Waals surface area contributed by atoms with Gasteiger partial charge < -0.3 is 15.0 Å². The molecule has 20 heavy (non-hydrogen) atoms. The summed E-state index contributed by atoms with van der Waals surface area (Å²) in [6.07, 6.45) is 5.67. The van der Waals surface area contributed by atoms with Crippen LogP contribution in [0.3, 0.4) is 0 Å². The van der Waals surface area contributed by atoms with Crippen LogP contribution in [0.2, 0.25) is 0 Å². The SMILES string of the molecule is COCCNC(=O)C1CCC(C(=O)N2CCCC2)CC1. The highest BCUT2D eigenvalue weighted by Gasteiger charge is 2.32. The lowest BCUT2D eigenvalue weighted by molar-refractivity contribution is -0.137. The summed E-state index contributed by atoms with van der Waals surface area (Å²) in [4.78, 5) is 26.2. The number of carbonyl (C=O) groups is 2. The number of carbonyl (C=O) groups excluding carboxylic acids is 2. The molecule has 0 radical (unpaired) electrons. The van der Waals surface area contributed by atoms with Crippen molar-refractivity contribution in [3.8, 4) is 0 Å². The molecular formula is C15H26N2O3. The van der Waals surface area contributed by atoms with E-state index in [-0.39, 0.29) is 17.7 Å². The maximum Gasteiger partial charge on any atom is 0.225 e. The molecule has 0 atom stereocenters. The van der Waals surface area contributed by atoms with E-state index < -0.39 is 0 Å². The Morgan fingerprint density at radius 2 is 1.70 bits per heavy atom. The van der Waals surface area contributed by atoms with Crippen LogP contribution in [0.15, 0.2) is 0 Å². The first-order valence-electron chi connectivity index (χ1n) is 7.78. The molecule has 5 heteroatoms. The molecule has 1 saturated carbocycles. The van der Waals surface area contributed by atoms with Gasteiger partial charge in [0.05, 0.1) is 6.61 Å². The molecule has 1 N–H and O–H groups in total. The summed E-state index contributed by atoms with van der Waals surface area (Å²) >= 11 is 0. The van der Waals surface area contributed by atoms with Crippen molar-refractivity contribution in [3.05, 3.63) is 0 Å². The molecule has 114 valence electrons. The first-order valence-corrected chi connectivity index (χ1v) is 7.78. The summed E-state index contributed by atoms with van der Waals surface area (Å²) in [5.74, 6) is 0.667. The minimum absolute atomic E-state index is 0.0782. The molecule has 2 fully saturated rings. The van der Waals surface area contributed by atoms with E-state index in [2.05, 4.69) is 5.32 Å². The predicted octanol–water partition coefficient (Wildman–Crippen LogP) is 1.18. The molecule has 0 spiro atoms. The monoisotopic (exact) mass is 282 g/mol. The highest BCUT2D eigenvalue weighted by molar-refractivity contribution is 5.81. The van der Waals surface area contributed by atoms with Crippen LogP contribution in [0.4, 0.5) is 0 Å². The predicted molar refractivity (Wildman–Crippen MR) is 76.1 cm³/mol. The van der Waals surface area contributed by atoms with Crippen molar-refractivity contribution in [1.29, 1.82) is 0 Å². The van der Waals surface area contributed by atoms with Crippen LogP contribution in [0.25, 0.3) is 0 Å². The number of amides is 2. The van der Waals surface area contributed by atoms with E-state index in [0.717, 1.165) is 51.6 Å². The summed E-state index contributed by atoms with van der Waals surface area (Å²) in [5, 5.41) is 2.89. The van der Waals surface area contributed by atoms with Crippen molar-refractivity contribution in [2.45, 2.75) is 38.5 Å². The van der Waals surface area contributed by atoms with E-state index in [1.807, 2.05) is 4.90 Å². The van der Waals surface area contributed by atoms with Crippen molar-refractivity contribution < 1.29 is 14.3 Å². The minimum atomic E-state index is 0.0782. The van der Waals surface area contributed by atoms with Gasteiger partial charge in [0.1, 0.15) is 0 Å². The molecule has 0 bridgehead atoms. The van der Waals surface area contributed by atoms with Crippen LogP contribution in [0, 0.1) is 11.8 Å². The molecule has 2 rings (SSSR count). The molecule has 1 heterocycles. The molecule has 1 aliphatic carbocycles. The number of rotatable bonds is 5. The standard InChI is InChI=1S/C15H26N2O3/c1-20-11-8-16-14(18)12-4-6-13(7-5-12)15(19)17-9-2-3-10-17/h12-13H,2-11H2,1H3,(H,16,18). The molecule has 0 unspecified atom stereocenters. The number of nitrogens with zero attached hydrogens (tertiary/aromatic N) is 1. The Hall–Kier alpha value is -1.10. The van der Waals surface area contributed by atoms with Gasteiger partial charge in [0.2, 0.25) is 11.8 Å². The number of nitrogens with one attached hydrogen (secondary N) is 1. The van der Waals surface area contributed by atoms with E-state index >= 15 is 0 Å². The summed E-state index contributed by atoms with van der Waals surface area (Å²) in [6.45, 7) is 2.98. The van der Waals surface area contributed by atoms with Crippen molar-refractivity contribution >= 4 is 11.8 Å². The zero-order valence-corrected chi connectivity index (χ0v) is 12.4. The fourth-order valence-corrected chi connectivity index (χ4v) is 3.22. The molecule has 2 amide bonds. The van der Waals surface area contributed by atoms with Crippen LogP contribution in [-0.2, 0) is 14.3 Å². The maximum atomic E-state index is 12.3. The first-order chi connectivity index (χ1) is 9.72. The van der Waals surface area contributed by atoms with Gasteiger partial charge in [-0.05, 0) is 38.5 Å². The Kier molecular flexibility index (Phi) is 5.83. The zero-order chi connectivity index (χ0) is 14.4. The molecular weight excluding hydrogens is 256 g/mol. The molecule has 5 nitrogen and oxygen atoms in total. The van der Waals surface area contributed by atoms with Gasteiger partial charge in [0.15, 0.2) is 0 Å². The minimum Gasteiger partial charge on any atom is -0.383 e. The maximum absolute atomic E-state index is 12.3. The summed E-state index contributed by atoms with van der Waals surface area (Å²) in [5.41, 5.74) is 0. The van der Waals surface area contributed by atoms with Crippen molar-refractivity contribution in [1.82, 2.24) is 10.2 Å². The Labute approximate surface area is 121 Å². The number of hydrogen-bond donors (Lipinski definition) is 1. The fourth-order valence-electron chi connectivity index (χ4n) is 3.22. The lowest BCUT2D eigenvalue weighted by atomic mass is 9.81. The number of methoxy groups -OCH3 is 1. The highest BCUT2D eigenvalue weighted by Crippen LogP contribution is 2.30. The third kappa shape index (κ3) is 3.95. The van der Waals surface area contributed by atoms with E-state index in [9.17, 15) is 9.59 Å². The topological polar surface area (TPSA) is 58.6 Å². The van der Waals surface area contributed by atoms with Gasteiger partial charge in [0, 0.05) is 38.6 Å². The van der Waals surface area contributed by atoms with Crippen molar-refractivity contribution in [2.75, 3.05) is 33.4 Å². The van der Waals surface area contributed by atoms with Gasteiger partial charge in [-0.2, -0.15) is 0 Å². The number of hydrogen-bond acceptors (Lipinski definition) is 3. The van der Waals surface area contributed by atoms with E-state index in [1.54, 1.807) is 7.11 Å². The molecule has 0 aromatic heterocycles. The zero-order valence-electron chi connectivity index (χ0n) is 12.4. The third-order valence-electron chi connectivity index (χ3n) is 4.47. The van der Waals surface area contributed by atoms with Crippen LogP contribution in [0.5, 0.6) is 0 Å². The molecule has 2 aliphatic rings. The fraction of sp³-hybridized carbons (Fsp3) is 0.867. The lowest BCUT2D eigenvalue weighted by Crippen LogP contribution is -2.39. The second-order valence-electron chi connectivity index (χ2n) is 5.86. The Bertz CT molecular complexity index is 332. The lowest BCUT2D eigenvalue weighted by Gasteiger charge is -2.29. The van der Waals surface area contributed by atoms with Gasteiger partial charge in [-0.15, -0.1) is 0 Å². The van der Waals surface area contributed by atoms with Crippen LogP contribution >= 0.6 is 0 Å².